The number of nitrogens with two attached hydrogens (primary N) is 1. The second kappa shape index (κ2) is 5.05. The maximum Gasteiger partial charge on any atom is 0.274 e. The summed E-state index contributed by atoms with van der Waals surface area (Å²) < 4.78 is 26.2. The van der Waals surface area contributed by atoms with Crippen LogP contribution < -0.4 is 5.73 Å². The lowest BCUT2D eigenvalue weighted by atomic mass is 10.2. The maximum absolute atomic E-state index is 13.5. The van der Waals surface area contributed by atoms with Gasteiger partial charge in [-0.15, -0.1) is 0 Å². The van der Waals surface area contributed by atoms with Crippen LogP contribution >= 0.6 is 0 Å². The fourth-order valence-corrected chi connectivity index (χ4v) is 1.63. The summed E-state index contributed by atoms with van der Waals surface area (Å²) in [5.74, 6) is -1.77. The van der Waals surface area contributed by atoms with Crippen LogP contribution in [-0.2, 0) is 6.54 Å². The Kier molecular flexibility index (Phi) is 3.46. The summed E-state index contributed by atoms with van der Waals surface area (Å²) in [5.41, 5.74) is 6.14. The zero-order valence-corrected chi connectivity index (χ0v) is 10.2. The van der Waals surface area contributed by atoms with Gasteiger partial charge < -0.3 is 10.6 Å². The van der Waals surface area contributed by atoms with E-state index >= 15 is 0 Å². The Morgan fingerprint density at radius 3 is 2.79 bits per heavy atom. The van der Waals surface area contributed by atoms with Gasteiger partial charge in [0.15, 0.2) is 0 Å². The summed E-state index contributed by atoms with van der Waals surface area (Å²) in [5, 5.41) is 6.12. The van der Waals surface area contributed by atoms with Crippen molar-refractivity contribution in [2.45, 2.75) is 6.54 Å². The van der Waals surface area contributed by atoms with Crippen molar-refractivity contribution in [2.75, 3.05) is 12.8 Å². The number of benzene rings is 1. The first-order chi connectivity index (χ1) is 8.99. The van der Waals surface area contributed by atoms with E-state index in [1.165, 1.54) is 24.2 Å². The highest BCUT2D eigenvalue weighted by atomic mass is 19.1. The second-order valence-corrected chi connectivity index (χ2v) is 4.10. The zero-order valence-electron chi connectivity index (χ0n) is 10.2. The van der Waals surface area contributed by atoms with E-state index < -0.39 is 17.5 Å². The lowest BCUT2D eigenvalue weighted by molar-refractivity contribution is 0.0779. The quantitative estimate of drug-likeness (QED) is 0.884. The lowest BCUT2D eigenvalue weighted by Gasteiger charge is -2.17. The molecule has 0 aliphatic rings. The summed E-state index contributed by atoms with van der Waals surface area (Å²) in [6.45, 7) is 0.00338. The average Bonchev–Trinajstić information content (AvgIpc) is 2.78. The van der Waals surface area contributed by atoms with E-state index in [1.807, 2.05) is 0 Å². The van der Waals surface area contributed by atoms with Gasteiger partial charge in [-0.3, -0.25) is 9.89 Å². The van der Waals surface area contributed by atoms with E-state index in [-0.39, 0.29) is 23.5 Å². The Bertz CT molecular complexity index is 612. The van der Waals surface area contributed by atoms with Crippen molar-refractivity contribution in [3.8, 4) is 0 Å². The minimum Gasteiger partial charge on any atom is -0.396 e. The number of hydrogen-bond acceptors (Lipinski definition) is 3. The molecule has 0 radical (unpaired) electrons. The van der Waals surface area contributed by atoms with Gasteiger partial charge in [0.2, 0.25) is 0 Å². The van der Waals surface area contributed by atoms with Crippen LogP contribution in [0.25, 0.3) is 0 Å². The van der Waals surface area contributed by atoms with Crippen molar-refractivity contribution < 1.29 is 13.6 Å². The predicted molar refractivity (Wildman–Crippen MR) is 65.2 cm³/mol. The summed E-state index contributed by atoms with van der Waals surface area (Å²) >= 11 is 0. The molecule has 0 saturated heterocycles. The predicted octanol–water partition coefficient (Wildman–Crippen LogP) is 1.54. The van der Waals surface area contributed by atoms with Gasteiger partial charge in [0.25, 0.3) is 5.91 Å². The number of aromatic amines is 1. The van der Waals surface area contributed by atoms with Gasteiger partial charge in [-0.25, -0.2) is 8.78 Å². The molecule has 0 unspecified atom stereocenters. The van der Waals surface area contributed by atoms with E-state index in [0.717, 1.165) is 12.1 Å². The summed E-state index contributed by atoms with van der Waals surface area (Å²) in [4.78, 5) is 13.3. The van der Waals surface area contributed by atoms with E-state index in [9.17, 15) is 13.6 Å². The lowest BCUT2D eigenvalue weighted by Crippen LogP contribution is -2.27. The third-order valence-corrected chi connectivity index (χ3v) is 2.65. The van der Waals surface area contributed by atoms with Crippen LogP contribution in [0.5, 0.6) is 0 Å². The van der Waals surface area contributed by atoms with Gasteiger partial charge in [-0.2, -0.15) is 5.10 Å². The molecule has 0 fully saturated rings. The fourth-order valence-electron chi connectivity index (χ4n) is 1.63. The Morgan fingerprint density at radius 2 is 2.21 bits per heavy atom. The number of H-pyrrole nitrogens is 1. The van der Waals surface area contributed by atoms with Gasteiger partial charge in [0, 0.05) is 25.2 Å². The van der Waals surface area contributed by atoms with Crippen molar-refractivity contribution in [2.24, 2.45) is 0 Å². The SMILES string of the molecule is CN(Cc1ccc(F)cc1F)C(=O)c1[nH]ncc1N. The molecule has 0 atom stereocenters. The first-order valence-corrected chi connectivity index (χ1v) is 5.47. The monoisotopic (exact) mass is 266 g/mol. The molecule has 2 aromatic rings. The van der Waals surface area contributed by atoms with Crippen molar-refractivity contribution in [1.29, 1.82) is 0 Å². The average molecular weight is 266 g/mol. The number of nitrogens with one attached hydrogen (secondary N) is 1. The molecule has 0 bridgehead atoms. The summed E-state index contributed by atoms with van der Waals surface area (Å²) in [6, 6.07) is 3.21. The zero-order chi connectivity index (χ0) is 14.0. The molecule has 2 rings (SSSR count). The maximum atomic E-state index is 13.5. The number of nitrogen functional groups attached to an aromatic ring is 1. The van der Waals surface area contributed by atoms with Gasteiger partial charge in [0.1, 0.15) is 17.3 Å². The number of anilines is 1. The van der Waals surface area contributed by atoms with Crippen molar-refractivity contribution >= 4 is 11.6 Å². The molecule has 5 nitrogen and oxygen atoms in total. The van der Waals surface area contributed by atoms with E-state index in [2.05, 4.69) is 10.2 Å². The first kappa shape index (κ1) is 13.0. The molecule has 0 saturated carbocycles. The molecule has 7 heteroatoms. The second-order valence-electron chi connectivity index (χ2n) is 4.10. The Labute approximate surface area is 108 Å². The molecule has 1 aromatic carbocycles. The first-order valence-electron chi connectivity index (χ1n) is 5.47. The molecule has 19 heavy (non-hydrogen) atoms. The molecule has 1 aromatic heterocycles. The standard InChI is InChI=1S/C12H12F2N4O/c1-18(12(19)11-10(15)5-16-17-11)6-7-2-3-8(13)4-9(7)14/h2-5H,6,15H2,1H3,(H,16,17). The number of amides is 1. The van der Waals surface area contributed by atoms with Crippen LogP contribution in [0.1, 0.15) is 16.1 Å². The third-order valence-electron chi connectivity index (χ3n) is 2.65. The number of carbonyl (C=O) groups is 1. The van der Waals surface area contributed by atoms with Gasteiger partial charge in [0.05, 0.1) is 11.9 Å². The van der Waals surface area contributed by atoms with Crippen molar-refractivity contribution in [3.05, 3.63) is 47.3 Å². The van der Waals surface area contributed by atoms with Crippen LogP contribution in [0.3, 0.4) is 0 Å². The number of rotatable bonds is 3. The smallest absolute Gasteiger partial charge is 0.274 e. The highest BCUT2D eigenvalue weighted by Gasteiger charge is 2.18. The molecular weight excluding hydrogens is 254 g/mol. The van der Waals surface area contributed by atoms with E-state index in [4.69, 9.17) is 5.73 Å². The molecule has 0 aliphatic heterocycles. The number of halogens is 2. The number of hydrogen-bond donors (Lipinski definition) is 2. The summed E-state index contributed by atoms with van der Waals surface area (Å²) in [6.07, 6.45) is 1.32. The third kappa shape index (κ3) is 2.70. The van der Waals surface area contributed by atoms with E-state index in [0.29, 0.717) is 0 Å². The molecule has 0 aliphatic carbocycles. The van der Waals surface area contributed by atoms with E-state index in [1.54, 1.807) is 0 Å². The Morgan fingerprint density at radius 1 is 1.47 bits per heavy atom. The number of nitrogens with zero attached hydrogens (tertiary/aromatic N) is 2. The minimum absolute atomic E-state index is 0.00338. The van der Waals surface area contributed by atoms with Crippen LogP contribution in [0.15, 0.2) is 24.4 Å². The topological polar surface area (TPSA) is 75.0 Å². The number of carbonyl (C=O) groups excluding carboxylic acids is 1. The van der Waals surface area contributed by atoms with Gasteiger partial charge in [-0.1, -0.05) is 6.07 Å². The fraction of sp³-hybridized carbons (Fsp3) is 0.167. The van der Waals surface area contributed by atoms with Gasteiger partial charge >= 0.3 is 0 Å². The van der Waals surface area contributed by atoms with Crippen molar-refractivity contribution in [3.63, 3.8) is 0 Å². The van der Waals surface area contributed by atoms with Crippen LogP contribution in [0.4, 0.5) is 14.5 Å². The Hall–Kier alpha value is -2.44. The number of aromatic nitrogens is 2. The van der Waals surface area contributed by atoms with Gasteiger partial charge in [-0.05, 0) is 6.07 Å². The molecule has 1 amide bonds. The molecule has 0 spiro atoms. The normalized spacial score (nSPS) is 10.5. The van der Waals surface area contributed by atoms with Crippen LogP contribution in [0, 0.1) is 11.6 Å². The molecular formula is C12H12F2N4O. The summed E-state index contributed by atoms with van der Waals surface area (Å²) in [7, 11) is 1.49. The van der Waals surface area contributed by atoms with Crippen molar-refractivity contribution in [1.82, 2.24) is 15.1 Å². The Balaban J connectivity index is 2.15. The molecule has 100 valence electrons. The van der Waals surface area contributed by atoms with Crippen LogP contribution in [-0.4, -0.2) is 28.1 Å². The minimum atomic E-state index is -0.697. The van der Waals surface area contributed by atoms with Crippen LogP contribution in [0.2, 0.25) is 0 Å². The molecule has 1 heterocycles. The largest absolute Gasteiger partial charge is 0.396 e. The highest BCUT2D eigenvalue weighted by molar-refractivity contribution is 5.96. The highest BCUT2D eigenvalue weighted by Crippen LogP contribution is 2.14. The molecule has 3 N–H and O–H groups in total.